The Morgan fingerprint density at radius 3 is 2.57 bits per heavy atom. The third kappa shape index (κ3) is 3.11. The fourth-order valence-electron chi connectivity index (χ4n) is 1.65. The summed E-state index contributed by atoms with van der Waals surface area (Å²) < 4.78 is 12.9. The predicted molar refractivity (Wildman–Crippen MR) is 55.7 cm³/mol. The van der Waals surface area contributed by atoms with Crippen molar-refractivity contribution in [1.29, 1.82) is 0 Å². The molecule has 0 aliphatic rings. The van der Waals surface area contributed by atoms with Gasteiger partial charge in [0.1, 0.15) is 5.82 Å². The van der Waals surface area contributed by atoms with Gasteiger partial charge in [-0.15, -0.1) is 0 Å². The van der Waals surface area contributed by atoms with Crippen LogP contribution in [0.15, 0.2) is 24.3 Å². The third-order valence-electron chi connectivity index (χ3n) is 2.30. The van der Waals surface area contributed by atoms with Gasteiger partial charge in [0.25, 0.3) is 0 Å². The van der Waals surface area contributed by atoms with Crippen LogP contribution in [0, 0.1) is 11.7 Å². The van der Waals surface area contributed by atoms with Gasteiger partial charge < -0.3 is 5.11 Å². The maximum atomic E-state index is 12.9. The molecule has 0 heterocycles. The molecule has 0 bridgehead atoms. The van der Waals surface area contributed by atoms with Crippen molar-refractivity contribution in [3.8, 4) is 0 Å². The summed E-state index contributed by atoms with van der Waals surface area (Å²) in [4.78, 5) is 0. The Hall–Kier alpha value is -0.890. The molecule has 1 N–H and O–H groups in total. The fourth-order valence-corrected chi connectivity index (χ4v) is 1.65. The van der Waals surface area contributed by atoms with Crippen molar-refractivity contribution in [3.63, 3.8) is 0 Å². The van der Waals surface area contributed by atoms with Crippen LogP contribution in [-0.2, 0) is 0 Å². The molecule has 0 radical (unpaired) electrons. The van der Waals surface area contributed by atoms with Crippen molar-refractivity contribution >= 4 is 0 Å². The standard InChI is InChI=1S/C12H17FO/c1-9(2)6-11(8-14)10-4-3-5-12(13)7-10/h3-5,7,9,11,14H,6,8H2,1-2H3. The minimum absolute atomic E-state index is 0.0608. The summed E-state index contributed by atoms with van der Waals surface area (Å²) in [6, 6.07) is 6.48. The van der Waals surface area contributed by atoms with E-state index in [9.17, 15) is 9.50 Å². The lowest BCUT2D eigenvalue weighted by atomic mass is 9.91. The molecule has 78 valence electrons. The van der Waals surface area contributed by atoms with E-state index in [1.54, 1.807) is 6.07 Å². The molecule has 2 heteroatoms. The van der Waals surface area contributed by atoms with Crippen LogP contribution < -0.4 is 0 Å². The molecule has 14 heavy (non-hydrogen) atoms. The van der Waals surface area contributed by atoms with Crippen LogP contribution in [0.1, 0.15) is 31.7 Å². The van der Waals surface area contributed by atoms with Crippen molar-refractivity contribution in [2.45, 2.75) is 26.2 Å². The first-order chi connectivity index (χ1) is 6.63. The van der Waals surface area contributed by atoms with Crippen LogP contribution in [0.3, 0.4) is 0 Å². The smallest absolute Gasteiger partial charge is 0.123 e. The second-order valence-corrected chi connectivity index (χ2v) is 4.06. The molecule has 0 amide bonds. The molecular formula is C12H17FO. The summed E-state index contributed by atoms with van der Waals surface area (Å²) in [5.41, 5.74) is 0.890. The van der Waals surface area contributed by atoms with E-state index in [4.69, 9.17) is 0 Å². The molecule has 0 saturated carbocycles. The van der Waals surface area contributed by atoms with E-state index in [1.165, 1.54) is 12.1 Å². The SMILES string of the molecule is CC(C)CC(CO)c1cccc(F)c1. The largest absolute Gasteiger partial charge is 0.396 e. The van der Waals surface area contributed by atoms with Crippen molar-refractivity contribution in [2.75, 3.05) is 6.61 Å². The minimum atomic E-state index is -0.232. The highest BCUT2D eigenvalue weighted by Crippen LogP contribution is 2.23. The first-order valence-electron chi connectivity index (χ1n) is 4.99. The van der Waals surface area contributed by atoms with Crippen molar-refractivity contribution < 1.29 is 9.50 Å². The molecule has 0 aliphatic carbocycles. The van der Waals surface area contributed by atoms with Gasteiger partial charge in [-0.2, -0.15) is 0 Å². The number of hydrogen-bond acceptors (Lipinski definition) is 1. The van der Waals surface area contributed by atoms with Gasteiger partial charge in [0, 0.05) is 12.5 Å². The Balaban J connectivity index is 2.78. The maximum Gasteiger partial charge on any atom is 0.123 e. The van der Waals surface area contributed by atoms with E-state index in [2.05, 4.69) is 13.8 Å². The summed E-state index contributed by atoms with van der Waals surface area (Å²) >= 11 is 0. The molecule has 0 saturated heterocycles. The van der Waals surface area contributed by atoms with E-state index in [0.29, 0.717) is 5.92 Å². The number of rotatable bonds is 4. The molecule has 0 aromatic heterocycles. The Morgan fingerprint density at radius 1 is 1.36 bits per heavy atom. The first kappa shape index (κ1) is 11.2. The van der Waals surface area contributed by atoms with Crippen molar-refractivity contribution in [3.05, 3.63) is 35.6 Å². The fraction of sp³-hybridized carbons (Fsp3) is 0.500. The first-order valence-corrected chi connectivity index (χ1v) is 4.99. The zero-order valence-electron chi connectivity index (χ0n) is 8.70. The van der Waals surface area contributed by atoms with E-state index >= 15 is 0 Å². The van der Waals surface area contributed by atoms with Crippen LogP contribution in [0.2, 0.25) is 0 Å². The topological polar surface area (TPSA) is 20.2 Å². The minimum Gasteiger partial charge on any atom is -0.396 e. The van der Waals surface area contributed by atoms with Crippen LogP contribution in [-0.4, -0.2) is 11.7 Å². The van der Waals surface area contributed by atoms with Gasteiger partial charge in [-0.25, -0.2) is 4.39 Å². The number of benzene rings is 1. The van der Waals surface area contributed by atoms with Crippen LogP contribution >= 0.6 is 0 Å². The Labute approximate surface area is 84.6 Å². The van der Waals surface area contributed by atoms with Gasteiger partial charge in [0.2, 0.25) is 0 Å². The molecule has 0 spiro atoms. The zero-order valence-corrected chi connectivity index (χ0v) is 8.70. The van der Waals surface area contributed by atoms with E-state index in [1.807, 2.05) is 6.07 Å². The van der Waals surface area contributed by atoms with Crippen LogP contribution in [0.5, 0.6) is 0 Å². The van der Waals surface area contributed by atoms with Gasteiger partial charge >= 0.3 is 0 Å². The molecular weight excluding hydrogens is 179 g/mol. The normalized spacial score (nSPS) is 13.2. The zero-order chi connectivity index (χ0) is 10.6. The van der Waals surface area contributed by atoms with Crippen molar-refractivity contribution in [1.82, 2.24) is 0 Å². The summed E-state index contributed by atoms with van der Waals surface area (Å²) in [6.07, 6.45) is 0.889. The Kier molecular flexibility index (Phi) is 4.08. The molecule has 1 nitrogen and oxygen atoms in total. The molecule has 0 fully saturated rings. The second kappa shape index (κ2) is 5.11. The Morgan fingerprint density at radius 2 is 2.07 bits per heavy atom. The van der Waals surface area contributed by atoms with Crippen LogP contribution in [0.4, 0.5) is 4.39 Å². The molecule has 1 aromatic carbocycles. The van der Waals surface area contributed by atoms with Gasteiger partial charge in [0.05, 0.1) is 0 Å². The molecule has 1 unspecified atom stereocenters. The summed E-state index contributed by atoms with van der Waals surface area (Å²) in [5, 5.41) is 9.20. The maximum absolute atomic E-state index is 12.9. The lowest BCUT2D eigenvalue weighted by Gasteiger charge is -2.16. The van der Waals surface area contributed by atoms with Crippen molar-refractivity contribution in [2.24, 2.45) is 5.92 Å². The van der Waals surface area contributed by atoms with Crippen LogP contribution in [0.25, 0.3) is 0 Å². The molecule has 0 aliphatic heterocycles. The highest BCUT2D eigenvalue weighted by atomic mass is 19.1. The quantitative estimate of drug-likeness (QED) is 0.785. The summed E-state index contributed by atoms with van der Waals surface area (Å²) in [6.45, 7) is 4.28. The highest BCUT2D eigenvalue weighted by molar-refractivity contribution is 5.20. The highest BCUT2D eigenvalue weighted by Gasteiger charge is 2.12. The van der Waals surface area contributed by atoms with Gasteiger partial charge in [-0.1, -0.05) is 26.0 Å². The predicted octanol–water partition coefficient (Wildman–Crippen LogP) is 2.95. The lowest BCUT2D eigenvalue weighted by Crippen LogP contribution is -2.07. The van der Waals surface area contributed by atoms with Gasteiger partial charge in [-0.3, -0.25) is 0 Å². The van der Waals surface area contributed by atoms with E-state index < -0.39 is 0 Å². The summed E-state index contributed by atoms with van der Waals surface area (Å²) in [5.74, 6) is 0.339. The number of hydrogen-bond donors (Lipinski definition) is 1. The van der Waals surface area contributed by atoms with E-state index in [0.717, 1.165) is 12.0 Å². The average molecular weight is 196 g/mol. The van der Waals surface area contributed by atoms with E-state index in [-0.39, 0.29) is 18.3 Å². The molecule has 1 rings (SSSR count). The lowest BCUT2D eigenvalue weighted by molar-refractivity contribution is 0.248. The average Bonchev–Trinajstić information content (AvgIpc) is 2.14. The monoisotopic (exact) mass is 196 g/mol. The third-order valence-corrected chi connectivity index (χ3v) is 2.30. The number of aliphatic hydroxyl groups is 1. The molecule has 1 aromatic rings. The summed E-state index contributed by atoms with van der Waals surface area (Å²) in [7, 11) is 0. The van der Waals surface area contributed by atoms with Gasteiger partial charge in [0.15, 0.2) is 0 Å². The number of aliphatic hydroxyl groups excluding tert-OH is 1. The Bertz CT molecular complexity index is 283. The molecule has 1 atom stereocenters. The second-order valence-electron chi connectivity index (χ2n) is 4.06. The number of halogens is 1. The van der Waals surface area contributed by atoms with Gasteiger partial charge in [-0.05, 0) is 30.0 Å².